The number of hydrogen-bond acceptors (Lipinski definition) is 6. The molecule has 0 unspecified atom stereocenters. The minimum atomic E-state index is 0.500. The van der Waals surface area contributed by atoms with Gasteiger partial charge in [-0.15, -0.1) is 0 Å². The number of hydrogen-bond donors (Lipinski definition) is 1. The van der Waals surface area contributed by atoms with Crippen molar-refractivity contribution in [1.29, 1.82) is 0 Å². The molecule has 0 aliphatic carbocycles. The molecule has 0 amide bonds. The van der Waals surface area contributed by atoms with Crippen LogP contribution in [0.2, 0.25) is 0 Å². The smallest absolute Gasteiger partial charge is 0.151 e. The molecule has 1 aromatic heterocycles. The summed E-state index contributed by atoms with van der Waals surface area (Å²) < 4.78 is 13.8. The zero-order chi connectivity index (χ0) is 21.3. The predicted molar refractivity (Wildman–Crippen MR) is 125 cm³/mol. The Hall–Kier alpha value is -2.87. The van der Waals surface area contributed by atoms with Gasteiger partial charge in [0.2, 0.25) is 0 Å². The maximum atomic E-state index is 6.13. The quantitative estimate of drug-likeness (QED) is 0.686. The third-order valence-corrected chi connectivity index (χ3v) is 6.56. The number of fused-ring (bicyclic) bond motifs is 3. The first-order valence-corrected chi connectivity index (χ1v) is 11.5. The van der Waals surface area contributed by atoms with E-state index in [0.29, 0.717) is 6.61 Å². The second-order valence-electron chi connectivity index (χ2n) is 8.67. The number of piperazine rings is 1. The average Bonchev–Trinajstić information content (AvgIpc) is 3.28. The van der Waals surface area contributed by atoms with Crippen molar-refractivity contribution in [3.05, 3.63) is 60.2 Å². The van der Waals surface area contributed by atoms with Gasteiger partial charge < -0.3 is 19.7 Å². The van der Waals surface area contributed by atoms with Crippen LogP contribution >= 0.6 is 0 Å². The van der Waals surface area contributed by atoms with E-state index in [1.165, 1.54) is 16.8 Å². The number of imidazole rings is 1. The number of anilines is 1. The molecule has 4 heterocycles. The Morgan fingerprint density at radius 2 is 1.78 bits per heavy atom. The Morgan fingerprint density at radius 3 is 2.66 bits per heavy atom. The average molecular weight is 432 g/mol. The van der Waals surface area contributed by atoms with Gasteiger partial charge in [-0.1, -0.05) is 18.2 Å². The molecular weight excluding hydrogens is 402 g/mol. The lowest BCUT2D eigenvalue weighted by Crippen LogP contribution is -2.43. The minimum absolute atomic E-state index is 0.500. The summed E-state index contributed by atoms with van der Waals surface area (Å²) in [5.41, 5.74) is 5.84. The van der Waals surface area contributed by atoms with Gasteiger partial charge in [0, 0.05) is 57.7 Å². The molecule has 3 aromatic rings. The van der Waals surface area contributed by atoms with Crippen molar-refractivity contribution in [3.8, 4) is 22.6 Å². The summed E-state index contributed by atoms with van der Waals surface area (Å²) in [4.78, 5) is 9.68. The van der Waals surface area contributed by atoms with Gasteiger partial charge in [0.15, 0.2) is 5.82 Å². The van der Waals surface area contributed by atoms with Crippen LogP contribution in [-0.2, 0) is 17.9 Å². The van der Waals surface area contributed by atoms with Gasteiger partial charge in [-0.3, -0.25) is 9.47 Å². The highest BCUT2D eigenvalue weighted by Crippen LogP contribution is 2.35. The van der Waals surface area contributed by atoms with Crippen molar-refractivity contribution in [3.63, 3.8) is 0 Å². The van der Waals surface area contributed by atoms with Crippen LogP contribution in [0, 0.1) is 0 Å². The third kappa shape index (κ3) is 3.88. The van der Waals surface area contributed by atoms with Crippen LogP contribution in [0.25, 0.3) is 16.8 Å². The largest absolute Gasteiger partial charge is 0.483 e. The van der Waals surface area contributed by atoms with E-state index in [4.69, 9.17) is 14.5 Å². The van der Waals surface area contributed by atoms with Crippen molar-refractivity contribution < 1.29 is 9.47 Å². The Morgan fingerprint density at radius 1 is 0.938 bits per heavy atom. The lowest BCUT2D eigenvalue weighted by atomic mass is 10.0. The van der Waals surface area contributed by atoms with E-state index in [1.54, 1.807) is 0 Å². The topological polar surface area (TPSA) is 54.8 Å². The minimum Gasteiger partial charge on any atom is -0.483 e. The molecule has 0 radical (unpaired) electrons. The van der Waals surface area contributed by atoms with E-state index in [-0.39, 0.29) is 0 Å². The number of aromatic nitrogens is 2. The highest BCUT2D eigenvalue weighted by molar-refractivity contribution is 5.72. The van der Waals surface area contributed by atoms with E-state index in [1.807, 2.05) is 0 Å². The van der Waals surface area contributed by atoms with Crippen LogP contribution in [0.1, 0.15) is 11.5 Å². The van der Waals surface area contributed by atoms with Crippen LogP contribution in [-0.4, -0.2) is 66.9 Å². The molecule has 2 saturated heterocycles. The molecule has 2 fully saturated rings. The number of ether oxygens (including phenoxy) is 2. The fraction of sp³-hybridized carbons (Fsp3) is 0.400. The molecule has 2 aromatic carbocycles. The molecule has 6 rings (SSSR count). The lowest BCUT2D eigenvalue weighted by molar-refractivity contribution is 0.0337. The molecular formula is C25H29N5O2. The number of nitrogens with one attached hydrogen (secondary N) is 1. The van der Waals surface area contributed by atoms with E-state index < -0.39 is 0 Å². The molecule has 3 aliphatic heterocycles. The first kappa shape index (κ1) is 19.8. The molecule has 0 spiro atoms. The molecule has 0 bridgehead atoms. The van der Waals surface area contributed by atoms with Crippen LogP contribution in [0.4, 0.5) is 5.69 Å². The second kappa shape index (κ2) is 8.58. The lowest BCUT2D eigenvalue weighted by Gasteiger charge is -2.29. The Balaban J connectivity index is 1.25. The molecule has 0 saturated carbocycles. The van der Waals surface area contributed by atoms with Gasteiger partial charge in [0.05, 0.1) is 24.6 Å². The summed E-state index contributed by atoms with van der Waals surface area (Å²) in [5, 5.41) is 3.42. The molecule has 0 atom stereocenters. The van der Waals surface area contributed by atoms with Crippen molar-refractivity contribution in [2.75, 3.05) is 57.4 Å². The van der Waals surface area contributed by atoms with Crippen molar-refractivity contribution in [2.24, 2.45) is 0 Å². The third-order valence-electron chi connectivity index (χ3n) is 6.56. The van der Waals surface area contributed by atoms with E-state index in [0.717, 1.165) is 82.0 Å². The van der Waals surface area contributed by atoms with Crippen molar-refractivity contribution >= 4 is 5.69 Å². The van der Waals surface area contributed by atoms with Crippen molar-refractivity contribution in [1.82, 2.24) is 19.8 Å². The summed E-state index contributed by atoms with van der Waals surface area (Å²) >= 11 is 0. The molecule has 32 heavy (non-hydrogen) atoms. The van der Waals surface area contributed by atoms with Gasteiger partial charge in [0.25, 0.3) is 0 Å². The van der Waals surface area contributed by atoms with E-state index in [2.05, 4.69) is 68.3 Å². The molecule has 166 valence electrons. The summed E-state index contributed by atoms with van der Waals surface area (Å²) in [7, 11) is 0. The van der Waals surface area contributed by atoms with Gasteiger partial charge in [0.1, 0.15) is 12.4 Å². The Labute approximate surface area is 188 Å². The summed E-state index contributed by atoms with van der Waals surface area (Å²) in [6.07, 6.45) is 2.16. The number of morpholine rings is 1. The Bertz CT molecular complexity index is 1100. The number of rotatable bonds is 4. The summed E-state index contributed by atoms with van der Waals surface area (Å²) in [6.45, 7) is 9.07. The van der Waals surface area contributed by atoms with E-state index in [9.17, 15) is 0 Å². The SMILES string of the molecule is c1cc(-c2ccc3c(c2)OCc2nc(CN4CCOCC4)cn2-3)cc(N2CCNCC2)c1. The predicted octanol–water partition coefficient (Wildman–Crippen LogP) is 2.67. The van der Waals surface area contributed by atoms with Gasteiger partial charge in [-0.05, 0) is 35.4 Å². The highest BCUT2D eigenvalue weighted by atomic mass is 16.5. The molecule has 7 nitrogen and oxygen atoms in total. The van der Waals surface area contributed by atoms with Crippen LogP contribution in [0.15, 0.2) is 48.7 Å². The second-order valence-corrected chi connectivity index (χ2v) is 8.67. The number of benzene rings is 2. The first-order valence-electron chi connectivity index (χ1n) is 11.5. The van der Waals surface area contributed by atoms with Crippen LogP contribution in [0.3, 0.4) is 0 Å². The van der Waals surface area contributed by atoms with Crippen LogP contribution < -0.4 is 15.0 Å². The van der Waals surface area contributed by atoms with Gasteiger partial charge in [-0.2, -0.15) is 0 Å². The fourth-order valence-electron chi connectivity index (χ4n) is 4.80. The highest BCUT2D eigenvalue weighted by Gasteiger charge is 2.21. The van der Waals surface area contributed by atoms with Gasteiger partial charge >= 0.3 is 0 Å². The monoisotopic (exact) mass is 431 g/mol. The molecule has 1 N–H and O–H groups in total. The fourth-order valence-corrected chi connectivity index (χ4v) is 4.80. The zero-order valence-electron chi connectivity index (χ0n) is 18.3. The van der Waals surface area contributed by atoms with Gasteiger partial charge in [-0.25, -0.2) is 4.98 Å². The normalized spacial score (nSPS) is 18.7. The Kier molecular flexibility index (Phi) is 5.30. The van der Waals surface area contributed by atoms with Crippen LogP contribution in [0.5, 0.6) is 5.75 Å². The van der Waals surface area contributed by atoms with Crippen molar-refractivity contribution in [2.45, 2.75) is 13.2 Å². The first-order chi connectivity index (χ1) is 15.8. The number of nitrogens with zero attached hydrogens (tertiary/aromatic N) is 4. The maximum absolute atomic E-state index is 6.13. The standard InChI is InChI=1S/C25H29N5O2/c1-2-19(14-22(3-1)29-8-6-26-7-9-29)20-4-5-23-24(15-20)32-18-25-27-21(17-30(23)25)16-28-10-12-31-13-11-28/h1-5,14-15,17,26H,6-13,16,18H2. The van der Waals surface area contributed by atoms with E-state index >= 15 is 0 Å². The summed E-state index contributed by atoms with van der Waals surface area (Å²) in [6, 6.07) is 15.3. The zero-order valence-corrected chi connectivity index (χ0v) is 18.3. The molecule has 3 aliphatic rings. The maximum Gasteiger partial charge on any atom is 0.151 e. The summed E-state index contributed by atoms with van der Waals surface area (Å²) in [5.74, 6) is 1.88. The molecule has 7 heteroatoms.